The molecule has 0 aliphatic heterocycles. The van der Waals surface area contributed by atoms with Crippen molar-refractivity contribution in [3.05, 3.63) is 12.7 Å². The fourth-order valence-corrected chi connectivity index (χ4v) is 1.34. The zero-order valence-electron chi connectivity index (χ0n) is 11.4. The van der Waals surface area contributed by atoms with Crippen molar-refractivity contribution in [3.63, 3.8) is 0 Å². The highest BCUT2D eigenvalue weighted by Crippen LogP contribution is 2.23. The SMILES string of the molecule is C=CCCCC(C)(C)COC(=O)N[C@@H](C)C(=O)O. The van der Waals surface area contributed by atoms with Crippen LogP contribution in [0.25, 0.3) is 0 Å². The Labute approximate surface area is 108 Å². The molecule has 0 aromatic rings. The van der Waals surface area contributed by atoms with Crippen molar-refractivity contribution in [2.45, 2.75) is 46.1 Å². The van der Waals surface area contributed by atoms with Gasteiger partial charge < -0.3 is 15.2 Å². The van der Waals surface area contributed by atoms with Gasteiger partial charge in [0.1, 0.15) is 6.04 Å². The molecule has 2 N–H and O–H groups in total. The topological polar surface area (TPSA) is 75.6 Å². The molecule has 0 radical (unpaired) electrons. The van der Waals surface area contributed by atoms with E-state index in [1.54, 1.807) is 0 Å². The Morgan fingerprint density at radius 3 is 2.61 bits per heavy atom. The van der Waals surface area contributed by atoms with E-state index in [0.717, 1.165) is 19.3 Å². The van der Waals surface area contributed by atoms with E-state index in [1.807, 2.05) is 19.9 Å². The minimum Gasteiger partial charge on any atom is -0.480 e. The molecule has 0 aromatic heterocycles. The lowest BCUT2D eigenvalue weighted by Crippen LogP contribution is -2.39. The van der Waals surface area contributed by atoms with E-state index >= 15 is 0 Å². The van der Waals surface area contributed by atoms with Crippen LogP contribution in [-0.2, 0) is 9.53 Å². The molecule has 0 heterocycles. The number of allylic oxidation sites excluding steroid dienone is 1. The van der Waals surface area contributed by atoms with Crippen molar-refractivity contribution in [3.8, 4) is 0 Å². The Kier molecular flexibility index (Phi) is 7.08. The first-order valence-electron chi connectivity index (χ1n) is 6.05. The van der Waals surface area contributed by atoms with Gasteiger partial charge in [0.2, 0.25) is 0 Å². The zero-order chi connectivity index (χ0) is 14.2. The number of rotatable bonds is 8. The first kappa shape index (κ1) is 16.5. The van der Waals surface area contributed by atoms with Crippen LogP contribution in [0.3, 0.4) is 0 Å². The molecule has 0 unspecified atom stereocenters. The van der Waals surface area contributed by atoms with Crippen molar-refractivity contribution >= 4 is 12.1 Å². The fraction of sp³-hybridized carbons (Fsp3) is 0.692. The summed E-state index contributed by atoms with van der Waals surface area (Å²) >= 11 is 0. The maximum absolute atomic E-state index is 11.3. The Bertz CT molecular complexity index is 299. The van der Waals surface area contributed by atoms with E-state index in [4.69, 9.17) is 9.84 Å². The van der Waals surface area contributed by atoms with Crippen molar-refractivity contribution in [1.29, 1.82) is 0 Å². The maximum Gasteiger partial charge on any atom is 0.407 e. The van der Waals surface area contributed by atoms with Crippen LogP contribution in [0.4, 0.5) is 4.79 Å². The number of aliphatic carboxylic acids is 1. The first-order chi connectivity index (χ1) is 8.28. The van der Waals surface area contributed by atoms with E-state index in [2.05, 4.69) is 11.9 Å². The number of carbonyl (C=O) groups is 2. The third-order valence-corrected chi connectivity index (χ3v) is 2.56. The number of unbranched alkanes of at least 4 members (excludes halogenated alkanes) is 1. The Morgan fingerprint density at radius 1 is 1.50 bits per heavy atom. The number of carboxylic acid groups (broad SMARTS) is 1. The second-order valence-corrected chi connectivity index (χ2v) is 5.13. The average molecular weight is 257 g/mol. The summed E-state index contributed by atoms with van der Waals surface area (Å²) in [6.45, 7) is 9.31. The van der Waals surface area contributed by atoms with Gasteiger partial charge in [-0.1, -0.05) is 19.9 Å². The van der Waals surface area contributed by atoms with Gasteiger partial charge in [-0.25, -0.2) is 4.79 Å². The van der Waals surface area contributed by atoms with Gasteiger partial charge in [0.15, 0.2) is 0 Å². The van der Waals surface area contributed by atoms with E-state index < -0.39 is 18.1 Å². The monoisotopic (exact) mass is 257 g/mol. The van der Waals surface area contributed by atoms with E-state index in [0.29, 0.717) is 0 Å². The summed E-state index contributed by atoms with van der Waals surface area (Å²) in [6.07, 6.45) is 4.01. The average Bonchev–Trinajstić information content (AvgIpc) is 2.26. The molecule has 5 nitrogen and oxygen atoms in total. The molecule has 0 bridgehead atoms. The summed E-state index contributed by atoms with van der Waals surface area (Å²) in [5.74, 6) is -1.09. The molecule has 0 aromatic carbocycles. The number of hydrogen-bond donors (Lipinski definition) is 2. The number of carbonyl (C=O) groups excluding carboxylic acids is 1. The Balaban J connectivity index is 3.95. The third kappa shape index (κ3) is 7.70. The van der Waals surface area contributed by atoms with Crippen LogP contribution in [0.15, 0.2) is 12.7 Å². The van der Waals surface area contributed by atoms with Crippen molar-refractivity contribution in [2.24, 2.45) is 5.41 Å². The number of carboxylic acids is 1. The summed E-state index contributed by atoms with van der Waals surface area (Å²) in [7, 11) is 0. The van der Waals surface area contributed by atoms with Gasteiger partial charge in [0, 0.05) is 0 Å². The zero-order valence-corrected chi connectivity index (χ0v) is 11.4. The smallest absolute Gasteiger partial charge is 0.407 e. The lowest BCUT2D eigenvalue weighted by molar-refractivity contribution is -0.138. The summed E-state index contributed by atoms with van der Waals surface area (Å²) in [4.78, 5) is 21.9. The molecular formula is C13H23NO4. The molecule has 0 aliphatic rings. The Hall–Kier alpha value is -1.52. The highest BCUT2D eigenvalue weighted by molar-refractivity contribution is 5.79. The largest absolute Gasteiger partial charge is 0.480 e. The maximum atomic E-state index is 11.3. The standard InChI is InChI=1S/C13H23NO4/c1-5-6-7-8-13(3,4)9-18-12(17)14-10(2)11(15)16/h5,10H,1,6-9H2,2-4H3,(H,14,17)(H,15,16)/t10-/m0/s1. The molecule has 0 saturated heterocycles. The Morgan fingerprint density at radius 2 is 2.11 bits per heavy atom. The highest BCUT2D eigenvalue weighted by atomic mass is 16.5. The summed E-state index contributed by atoms with van der Waals surface area (Å²) in [5, 5.41) is 10.9. The van der Waals surface area contributed by atoms with Gasteiger partial charge in [-0.15, -0.1) is 6.58 Å². The molecule has 0 fully saturated rings. The molecule has 0 saturated carbocycles. The summed E-state index contributed by atoms with van der Waals surface area (Å²) in [6, 6.07) is -0.943. The minimum absolute atomic E-state index is 0.118. The number of hydrogen-bond acceptors (Lipinski definition) is 3. The van der Waals surface area contributed by atoms with Crippen LogP contribution >= 0.6 is 0 Å². The molecule has 5 heteroatoms. The van der Waals surface area contributed by atoms with Crippen molar-refractivity contribution in [2.75, 3.05) is 6.61 Å². The van der Waals surface area contributed by atoms with Gasteiger partial charge in [0.25, 0.3) is 0 Å². The van der Waals surface area contributed by atoms with Gasteiger partial charge in [0.05, 0.1) is 6.61 Å². The lowest BCUT2D eigenvalue weighted by atomic mass is 9.88. The van der Waals surface area contributed by atoms with Crippen LogP contribution in [0.1, 0.15) is 40.0 Å². The fourth-order valence-electron chi connectivity index (χ4n) is 1.34. The minimum atomic E-state index is -1.09. The molecular weight excluding hydrogens is 234 g/mol. The van der Waals surface area contributed by atoms with E-state index in [9.17, 15) is 9.59 Å². The second-order valence-electron chi connectivity index (χ2n) is 5.13. The third-order valence-electron chi connectivity index (χ3n) is 2.56. The number of nitrogens with one attached hydrogen (secondary N) is 1. The van der Waals surface area contributed by atoms with E-state index in [-0.39, 0.29) is 12.0 Å². The molecule has 0 spiro atoms. The molecule has 1 atom stereocenters. The summed E-state index contributed by atoms with van der Waals surface area (Å²) < 4.78 is 5.02. The normalized spacial score (nSPS) is 12.6. The molecule has 0 aliphatic carbocycles. The predicted molar refractivity (Wildman–Crippen MR) is 69.4 cm³/mol. The number of alkyl carbamates (subject to hydrolysis) is 1. The van der Waals surface area contributed by atoms with Crippen molar-refractivity contribution < 1.29 is 19.4 Å². The van der Waals surface area contributed by atoms with Crippen LogP contribution in [0.2, 0.25) is 0 Å². The van der Waals surface area contributed by atoms with E-state index in [1.165, 1.54) is 6.92 Å². The first-order valence-corrected chi connectivity index (χ1v) is 6.05. The quantitative estimate of drug-likeness (QED) is 0.517. The van der Waals surface area contributed by atoms with Crippen LogP contribution in [0, 0.1) is 5.41 Å². The predicted octanol–water partition coefficient (Wildman–Crippen LogP) is 2.57. The molecule has 1 amide bonds. The van der Waals surface area contributed by atoms with Gasteiger partial charge in [-0.3, -0.25) is 4.79 Å². The number of amides is 1. The molecule has 0 rings (SSSR count). The van der Waals surface area contributed by atoms with Crippen LogP contribution in [0.5, 0.6) is 0 Å². The summed E-state index contributed by atoms with van der Waals surface area (Å²) in [5.41, 5.74) is -0.118. The molecule has 104 valence electrons. The second kappa shape index (κ2) is 7.74. The lowest BCUT2D eigenvalue weighted by Gasteiger charge is -2.24. The van der Waals surface area contributed by atoms with Gasteiger partial charge in [-0.05, 0) is 31.6 Å². The van der Waals surface area contributed by atoms with Crippen LogP contribution < -0.4 is 5.32 Å². The van der Waals surface area contributed by atoms with Gasteiger partial charge >= 0.3 is 12.1 Å². The van der Waals surface area contributed by atoms with Gasteiger partial charge in [-0.2, -0.15) is 0 Å². The van der Waals surface area contributed by atoms with Crippen molar-refractivity contribution in [1.82, 2.24) is 5.32 Å². The highest BCUT2D eigenvalue weighted by Gasteiger charge is 2.21. The number of ether oxygens (including phenoxy) is 1. The van der Waals surface area contributed by atoms with Crippen LogP contribution in [-0.4, -0.2) is 29.8 Å². The molecule has 18 heavy (non-hydrogen) atoms.